The zero-order chi connectivity index (χ0) is 31.5. The van der Waals surface area contributed by atoms with Gasteiger partial charge in [0, 0.05) is 10.8 Å². The predicted molar refractivity (Wildman–Crippen MR) is 199 cm³/mol. The van der Waals surface area contributed by atoms with Crippen LogP contribution in [0.2, 0.25) is 0 Å². The number of hydrogen-bond acceptors (Lipinski definition) is 0. The fourth-order valence-electron chi connectivity index (χ4n) is 9.92. The van der Waals surface area contributed by atoms with Crippen molar-refractivity contribution in [2.24, 2.45) is 0 Å². The molecule has 0 heterocycles. The Bertz CT molecular complexity index is 2450. The van der Waals surface area contributed by atoms with Crippen LogP contribution in [0.5, 0.6) is 0 Å². The van der Waals surface area contributed by atoms with Crippen LogP contribution in [0.25, 0.3) is 66.1 Å². The second-order valence-electron chi connectivity index (χ2n) is 14.9. The zero-order valence-electron chi connectivity index (χ0n) is 27.5. The monoisotopic (exact) mass is 602 g/mol. The van der Waals surface area contributed by atoms with Crippen LogP contribution in [-0.4, -0.2) is 0 Å². The fourth-order valence-corrected chi connectivity index (χ4v) is 9.92. The van der Waals surface area contributed by atoms with E-state index < -0.39 is 0 Å². The highest BCUT2D eigenvalue weighted by Gasteiger charge is 2.45. The first-order valence-corrected chi connectivity index (χ1v) is 17.4. The lowest BCUT2D eigenvalue weighted by atomic mass is 9.76. The number of aryl methyl sites for hydroxylation is 1. The molecule has 0 amide bonds. The minimum Gasteiger partial charge on any atom is -0.0619 e. The molecule has 1 saturated carbocycles. The molecule has 0 unspecified atom stereocenters. The third kappa shape index (κ3) is 3.59. The van der Waals surface area contributed by atoms with Crippen molar-refractivity contribution in [1.82, 2.24) is 0 Å². The van der Waals surface area contributed by atoms with Gasteiger partial charge in [-0.3, -0.25) is 0 Å². The second-order valence-corrected chi connectivity index (χ2v) is 14.9. The third-order valence-electron chi connectivity index (χ3n) is 12.1. The Kier molecular flexibility index (Phi) is 5.53. The van der Waals surface area contributed by atoms with Gasteiger partial charge in [0.15, 0.2) is 0 Å². The molecule has 0 heteroatoms. The Morgan fingerprint density at radius 1 is 0.426 bits per heavy atom. The number of rotatable bonds is 2. The lowest BCUT2D eigenvalue weighted by molar-refractivity contribution is 0.550. The highest BCUT2D eigenvalue weighted by molar-refractivity contribution is 6.21. The summed E-state index contributed by atoms with van der Waals surface area (Å²) in [6.07, 6.45) is 5.11. The van der Waals surface area contributed by atoms with E-state index in [2.05, 4.69) is 148 Å². The van der Waals surface area contributed by atoms with E-state index in [1.807, 2.05) is 0 Å². The normalized spacial score (nSPS) is 16.4. The summed E-state index contributed by atoms with van der Waals surface area (Å²) in [4.78, 5) is 0. The Balaban J connectivity index is 1.25. The molecule has 226 valence electrons. The topological polar surface area (TPSA) is 0 Å². The molecule has 0 nitrogen and oxygen atoms in total. The van der Waals surface area contributed by atoms with Gasteiger partial charge in [-0.1, -0.05) is 148 Å². The SMILES string of the molecule is Cc1ccc2c(-c3ccc4c(c3)C3(CCCC3)c3ccccc3-4)c3ccccc3c(-c3ccc4c(c3)-c3ccccc3C4(C)C)c2c1. The van der Waals surface area contributed by atoms with E-state index in [9.17, 15) is 0 Å². The maximum atomic E-state index is 2.58. The number of benzene rings is 7. The summed E-state index contributed by atoms with van der Waals surface area (Å²) in [5.74, 6) is 0. The van der Waals surface area contributed by atoms with Gasteiger partial charge in [-0.2, -0.15) is 0 Å². The van der Waals surface area contributed by atoms with E-state index in [1.165, 1.54) is 108 Å². The maximum Gasteiger partial charge on any atom is 0.0215 e. The predicted octanol–water partition coefficient (Wildman–Crippen LogP) is 12.8. The summed E-state index contributed by atoms with van der Waals surface area (Å²) in [5, 5.41) is 5.33. The van der Waals surface area contributed by atoms with E-state index >= 15 is 0 Å². The van der Waals surface area contributed by atoms with Crippen molar-refractivity contribution >= 4 is 21.5 Å². The van der Waals surface area contributed by atoms with Crippen LogP contribution >= 0.6 is 0 Å². The molecule has 1 spiro atoms. The summed E-state index contributed by atoms with van der Waals surface area (Å²) < 4.78 is 0. The molecule has 0 radical (unpaired) electrons. The largest absolute Gasteiger partial charge is 0.0619 e. The summed E-state index contributed by atoms with van der Waals surface area (Å²) in [5.41, 5.74) is 18.3. The molecule has 10 rings (SSSR count). The van der Waals surface area contributed by atoms with Crippen LogP contribution in [-0.2, 0) is 10.8 Å². The summed E-state index contributed by atoms with van der Waals surface area (Å²) in [6.45, 7) is 6.96. The lowest BCUT2D eigenvalue weighted by Gasteiger charge is -2.27. The minimum absolute atomic E-state index is 0.00105. The first-order chi connectivity index (χ1) is 23.0. The molecule has 0 bridgehead atoms. The van der Waals surface area contributed by atoms with Crippen molar-refractivity contribution in [2.45, 2.75) is 57.3 Å². The van der Waals surface area contributed by atoms with Crippen LogP contribution in [0.3, 0.4) is 0 Å². The van der Waals surface area contributed by atoms with Crippen LogP contribution in [0.1, 0.15) is 67.3 Å². The second kappa shape index (κ2) is 9.55. The first-order valence-electron chi connectivity index (χ1n) is 17.4. The summed E-state index contributed by atoms with van der Waals surface area (Å²) >= 11 is 0. The van der Waals surface area contributed by atoms with Gasteiger partial charge in [0.25, 0.3) is 0 Å². The Morgan fingerprint density at radius 3 is 1.74 bits per heavy atom. The standard InChI is InChI=1S/C47H38/c1-29-18-21-37-39(26-29)45(30-20-23-41-38(27-30)33-13-6-8-16-40(33)46(41,2)3)36-15-5-4-14-35(36)44(37)31-19-22-34-32-12-7-9-17-42(32)47(43(34)28-31)24-10-11-25-47/h4-9,12-23,26-28H,10-11,24-25H2,1-3H3. The molecule has 1 fully saturated rings. The summed E-state index contributed by atoms with van der Waals surface area (Å²) in [6, 6.07) is 49.1. The van der Waals surface area contributed by atoms with E-state index in [-0.39, 0.29) is 10.8 Å². The van der Waals surface area contributed by atoms with Gasteiger partial charge in [-0.15, -0.1) is 0 Å². The molecule has 0 N–H and O–H groups in total. The average molecular weight is 603 g/mol. The van der Waals surface area contributed by atoms with Crippen molar-refractivity contribution in [1.29, 1.82) is 0 Å². The van der Waals surface area contributed by atoms with Crippen molar-refractivity contribution in [3.8, 4) is 44.5 Å². The van der Waals surface area contributed by atoms with Gasteiger partial charge < -0.3 is 0 Å². The van der Waals surface area contributed by atoms with Crippen molar-refractivity contribution < 1.29 is 0 Å². The van der Waals surface area contributed by atoms with Gasteiger partial charge in [-0.25, -0.2) is 0 Å². The van der Waals surface area contributed by atoms with Crippen molar-refractivity contribution in [3.63, 3.8) is 0 Å². The van der Waals surface area contributed by atoms with E-state index in [4.69, 9.17) is 0 Å². The van der Waals surface area contributed by atoms with Gasteiger partial charge >= 0.3 is 0 Å². The Labute approximate surface area is 277 Å². The quantitative estimate of drug-likeness (QED) is 0.173. The minimum atomic E-state index is -0.00105. The highest BCUT2D eigenvalue weighted by atomic mass is 14.5. The maximum absolute atomic E-state index is 2.58. The van der Waals surface area contributed by atoms with Gasteiger partial charge in [-0.05, 0) is 120 Å². The van der Waals surface area contributed by atoms with Crippen molar-refractivity contribution in [2.75, 3.05) is 0 Å². The van der Waals surface area contributed by atoms with Crippen LogP contribution in [0, 0.1) is 6.92 Å². The molecule has 7 aromatic rings. The molecule has 0 saturated heterocycles. The lowest BCUT2D eigenvalue weighted by Crippen LogP contribution is -2.20. The van der Waals surface area contributed by atoms with Gasteiger partial charge in [0.1, 0.15) is 0 Å². The smallest absolute Gasteiger partial charge is 0.0215 e. The van der Waals surface area contributed by atoms with Gasteiger partial charge in [0.2, 0.25) is 0 Å². The van der Waals surface area contributed by atoms with E-state index in [0.29, 0.717) is 0 Å². The zero-order valence-corrected chi connectivity index (χ0v) is 27.5. The number of fused-ring (bicyclic) bond motifs is 10. The summed E-state index contributed by atoms with van der Waals surface area (Å²) in [7, 11) is 0. The van der Waals surface area contributed by atoms with E-state index in [1.54, 1.807) is 11.1 Å². The molecule has 7 aromatic carbocycles. The average Bonchev–Trinajstić information content (AvgIpc) is 3.76. The molecule has 0 aromatic heterocycles. The van der Waals surface area contributed by atoms with Crippen LogP contribution in [0.4, 0.5) is 0 Å². The van der Waals surface area contributed by atoms with Crippen LogP contribution < -0.4 is 0 Å². The molecule has 0 atom stereocenters. The molecular weight excluding hydrogens is 565 g/mol. The molecule has 3 aliphatic rings. The molecule has 47 heavy (non-hydrogen) atoms. The fraction of sp³-hybridized carbons (Fsp3) is 0.191. The first kappa shape index (κ1) is 27.2. The van der Waals surface area contributed by atoms with E-state index in [0.717, 1.165) is 0 Å². The van der Waals surface area contributed by atoms with Crippen LogP contribution in [0.15, 0.2) is 127 Å². The highest BCUT2D eigenvalue weighted by Crippen LogP contribution is 2.58. The molecular formula is C47H38. The Hall–Kier alpha value is -4.94. The Morgan fingerprint density at radius 2 is 0.979 bits per heavy atom. The van der Waals surface area contributed by atoms with Crippen molar-refractivity contribution in [3.05, 3.63) is 155 Å². The molecule has 0 aliphatic heterocycles. The number of hydrogen-bond donors (Lipinski definition) is 0. The molecule has 3 aliphatic carbocycles. The third-order valence-corrected chi connectivity index (χ3v) is 12.1. The van der Waals surface area contributed by atoms with Gasteiger partial charge in [0.05, 0.1) is 0 Å².